The first kappa shape index (κ1) is 7.85. The van der Waals surface area contributed by atoms with Crippen LogP contribution in [0.15, 0.2) is 22.9 Å². The maximum Gasteiger partial charge on any atom is 0.169 e. The van der Waals surface area contributed by atoms with Crippen LogP contribution in [0.4, 0.5) is 5.82 Å². The molecule has 0 aromatic carbocycles. The van der Waals surface area contributed by atoms with Gasteiger partial charge in [0.25, 0.3) is 0 Å². The Labute approximate surface area is 75.1 Å². The van der Waals surface area contributed by atoms with E-state index < -0.39 is 0 Å². The summed E-state index contributed by atoms with van der Waals surface area (Å²) in [4.78, 5) is 0. The van der Waals surface area contributed by atoms with Gasteiger partial charge >= 0.3 is 0 Å². The number of aryl methyl sites for hydroxylation is 1. The molecule has 0 bridgehead atoms. The number of aromatic nitrogens is 3. The van der Waals surface area contributed by atoms with Gasteiger partial charge in [0.15, 0.2) is 5.82 Å². The van der Waals surface area contributed by atoms with Gasteiger partial charge in [0.05, 0.1) is 12.2 Å². The Morgan fingerprint density at radius 2 is 2.54 bits per heavy atom. The third-order valence-corrected chi connectivity index (χ3v) is 1.65. The molecule has 0 radical (unpaired) electrons. The highest BCUT2D eigenvalue weighted by Gasteiger charge is 1.98. The Bertz CT molecular complexity index is 365. The van der Waals surface area contributed by atoms with Crippen LogP contribution in [0.1, 0.15) is 11.4 Å². The summed E-state index contributed by atoms with van der Waals surface area (Å²) in [6.07, 6.45) is 1.53. The quantitative estimate of drug-likeness (QED) is 0.743. The van der Waals surface area contributed by atoms with Crippen LogP contribution < -0.4 is 5.32 Å². The number of nitrogens with zero attached hydrogens (tertiary/aromatic N) is 2. The molecule has 0 saturated carbocycles. The first-order valence-corrected chi connectivity index (χ1v) is 4.00. The first-order chi connectivity index (χ1) is 6.34. The number of rotatable bonds is 3. The van der Waals surface area contributed by atoms with Gasteiger partial charge < -0.3 is 9.84 Å². The first-order valence-electron chi connectivity index (χ1n) is 4.00. The topological polar surface area (TPSA) is 66.7 Å². The van der Waals surface area contributed by atoms with Crippen LogP contribution in [0.3, 0.4) is 0 Å². The number of hydrogen-bond donors (Lipinski definition) is 2. The van der Waals surface area contributed by atoms with E-state index in [-0.39, 0.29) is 0 Å². The predicted octanol–water partition coefficient (Wildman–Crippen LogP) is 1.32. The zero-order chi connectivity index (χ0) is 9.10. The fraction of sp³-hybridized carbons (Fsp3) is 0.250. The number of aromatic amines is 1. The van der Waals surface area contributed by atoms with Crippen LogP contribution in [-0.4, -0.2) is 15.4 Å². The zero-order valence-corrected chi connectivity index (χ0v) is 7.24. The fourth-order valence-corrected chi connectivity index (χ4v) is 1.05. The smallest absolute Gasteiger partial charge is 0.169 e. The van der Waals surface area contributed by atoms with E-state index in [1.54, 1.807) is 6.07 Å². The SMILES string of the molecule is Cc1cc(CNc2ccon2)n[nH]1. The Morgan fingerprint density at radius 1 is 1.62 bits per heavy atom. The lowest BCUT2D eigenvalue weighted by Crippen LogP contribution is -1.99. The van der Waals surface area contributed by atoms with E-state index in [1.807, 2.05) is 13.0 Å². The maximum atomic E-state index is 4.67. The van der Waals surface area contributed by atoms with E-state index in [0.717, 1.165) is 17.2 Å². The van der Waals surface area contributed by atoms with Crippen LogP contribution in [0.5, 0.6) is 0 Å². The minimum Gasteiger partial charge on any atom is -0.363 e. The molecule has 0 saturated heterocycles. The van der Waals surface area contributed by atoms with Gasteiger partial charge in [-0.15, -0.1) is 0 Å². The highest BCUT2D eigenvalue weighted by molar-refractivity contribution is 5.31. The Balaban J connectivity index is 1.93. The van der Waals surface area contributed by atoms with Crippen LogP contribution in [0.2, 0.25) is 0 Å². The maximum absolute atomic E-state index is 4.67. The molecular weight excluding hydrogens is 168 g/mol. The molecule has 2 rings (SSSR count). The van der Waals surface area contributed by atoms with Crippen LogP contribution in [0.25, 0.3) is 0 Å². The van der Waals surface area contributed by atoms with Crippen molar-refractivity contribution in [3.8, 4) is 0 Å². The summed E-state index contributed by atoms with van der Waals surface area (Å²) in [5.41, 5.74) is 2.01. The standard InChI is InChI=1S/C8H10N4O/c1-6-4-7(11-10-6)5-9-8-2-3-13-12-8/h2-4H,5H2,1H3,(H,9,12)(H,10,11). The molecule has 5 nitrogen and oxygen atoms in total. The minimum atomic E-state index is 0.650. The van der Waals surface area contributed by atoms with Gasteiger partial charge in [-0.05, 0) is 13.0 Å². The van der Waals surface area contributed by atoms with E-state index in [2.05, 4.69) is 25.2 Å². The molecule has 68 valence electrons. The van der Waals surface area contributed by atoms with Crippen molar-refractivity contribution in [2.45, 2.75) is 13.5 Å². The summed E-state index contributed by atoms with van der Waals surface area (Å²) < 4.78 is 4.67. The fourth-order valence-electron chi connectivity index (χ4n) is 1.05. The lowest BCUT2D eigenvalue weighted by atomic mass is 10.4. The molecule has 5 heteroatoms. The average Bonchev–Trinajstić information content (AvgIpc) is 2.71. The molecule has 0 amide bonds. The lowest BCUT2D eigenvalue weighted by Gasteiger charge is -1.96. The third kappa shape index (κ3) is 1.87. The Morgan fingerprint density at radius 3 is 3.15 bits per heavy atom. The molecule has 2 aromatic rings. The highest BCUT2D eigenvalue weighted by Crippen LogP contribution is 2.04. The number of anilines is 1. The van der Waals surface area contributed by atoms with E-state index >= 15 is 0 Å². The van der Waals surface area contributed by atoms with Crippen molar-refractivity contribution in [3.63, 3.8) is 0 Å². The van der Waals surface area contributed by atoms with Gasteiger partial charge in [-0.1, -0.05) is 5.16 Å². The lowest BCUT2D eigenvalue weighted by molar-refractivity contribution is 0.422. The number of hydrogen-bond acceptors (Lipinski definition) is 4. The molecule has 0 aliphatic rings. The largest absolute Gasteiger partial charge is 0.363 e. The van der Waals surface area contributed by atoms with Gasteiger partial charge in [0.2, 0.25) is 0 Å². The molecule has 0 aliphatic heterocycles. The third-order valence-electron chi connectivity index (χ3n) is 1.65. The predicted molar refractivity (Wildman–Crippen MR) is 47.2 cm³/mol. The summed E-state index contributed by atoms with van der Waals surface area (Å²) in [6.45, 7) is 2.61. The number of H-pyrrole nitrogens is 1. The second-order valence-corrected chi connectivity index (χ2v) is 2.78. The Kier molecular flexibility index (Phi) is 1.99. The Hall–Kier alpha value is -1.78. The second kappa shape index (κ2) is 3.30. The van der Waals surface area contributed by atoms with Crippen LogP contribution in [-0.2, 0) is 6.54 Å². The highest BCUT2D eigenvalue weighted by atomic mass is 16.5. The molecule has 13 heavy (non-hydrogen) atoms. The van der Waals surface area contributed by atoms with Crippen molar-refractivity contribution in [3.05, 3.63) is 29.8 Å². The van der Waals surface area contributed by atoms with Gasteiger partial charge in [-0.25, -0.2) is 0 Å². The van der Waals surface area contributed by atoms with E-state index in [4.69, 9.17) is 0 Å². The summed E-state index contributed by atoms with van der Waals surface area (Å²) in [5.74, 6) is 0.723. The molecule has 0 spiro atoms. The van der Waals surface area contributed by atoms with Crippen molar-refractivity contribution in [2.75, 3.05) is 5.32 Å². The van der Waals surface area contributed by atoms with Crippen molar-refractivity contribution in [1.29, 1.82) is 0 Å². The van der Waals surface area contributed by atoms with Crippen molar-refractivity contribution in [2.24, 2.45) is 0 Å². The summed E-state index contributed by atoms with van der Waals surface area (Å²) in [6, 6.07) is 3.74. The summed E-state index contributed by atoms with van der Waals surface area (Å²) >= 11 is 0. The normalized spacial score (nSPS) is 10.2. The van der Waals surface area contributed by atoms with E-state index in [1.165, 1.54) is 6.26 Å². The number of nitrogens with one attached hydrogen (secondary N) is 2. The summed E-state index contributed by atoms with van der Waals surface area (Å²) in [5, 5.41) is 13.7. The molecular formula is C8H10N4O. The van der Waals surface area contributed by atoms with Crippen molar-refractivity contribution >= 4 is 5.82 Å². The van der Waals surface area contributed by atoms with Gasteiger partial charge in [0, 0.05) is 11.8 Å². The van der Waals surface area contributed by atoms with Crippen LogP contribution >= 0.6 is 0 Å². The van der Waals surface area contributed by atoms with Gasteiger partial charge in [-0.3, -0.25) is 5.10 Å². The molecule has 2 N–H and O–H groups in total. The van der Waals surface area contributed by atoms with Gasteiger partial charge in [0.1, 0.15) is 6.26 Å². The van der Waals surface area contributed by atoms with Gasteiger partial charge in [-0.2, -0.15) is 5.10 Å². The van der Waals surface area contributed by atoms with Crippen LogP contribution in [0, 0.1) is 6.92 Å². The summed E-state index contributed by atoms with van der Waals surface area (Å²) in [7, 11) is 0. The molecule has 0 aliphatic carbocycles. The molecule has 0 atom stereocenters. The second-order valence-electron chi connectivity index (χ2n) is 2.78. The van der Waals surface area contributed by atoms with Crippen molar-refractivity contribution < 1.29 is 4.52 Å². The average molecular weight is 178 g/mol. The zero-order valence-electron chi connectivity index (χ0n) is 7.24. The van der Waals surface area contributed by atoms with Crippen molar-refractivity contribution in [1.82, 2.24) is 15.4 Å². The monoisotopic (exact) mass is 178 g/mol. The molecule has 0 fully saturated rings. The molecule has 2 aromatic heterocycles. The van der Waals surface area contributed by atoms with E-state index in [9.17, 15) is 0 Å². The van der Waals surface area contributed by atoms with E-state index in [0.29, 0.717) is 6.54 Å². The molecule has 0 unspecified atom stereocenters. The molecule has 2 heterocycles. The minimum absolute atomic E-state index is 0.650.